The smallest absolute Gasteiger partial charge is 0.352 e. The zero-order valence-electron chi connectivity index (χ0n) is 19.2. The molecule has 0 aromatic heterocycles. The highest BCUT2D eigenvalue weighted by Gasteiger charge is 2.31. The van der Waals surface area contributed by atoms with E-state index in [1.165, 1.54) is 31.2 Å². The number of carbonyl (C=O) groups is 1. The van der Waals surface area contributed by atoms with Gasteiger partial charge < -0.3 is 24.7 Å². The quantitative estimate of drug-likeness (QED) is 0.387. The van der Waals surface area contributed by atoms with Crippen molar-refractivity contribution in [1.29, 1.82) is 5.26 Å². The molecule has 1 heterocycles. The van der Waals surface area contributed by atoms with Crippen LogP contribution in [0.2, 0.25) is 0 Å². The first-order chi connectivity index (χ1) is 16.9. The van der Waals surface area contributed by atoms with Crippen LogP contribution in [-0.2, 0) is 4.79 Å². The molecule has 3 aromatic rings. The second kappa shape index (κ2) is 10.2. The predicted octanol–water partition coefficient (Wildman–Crippen LogP) is 4.82. The highest BCUT2D eigenvalue weighted by molar-refractivity contribution is 5.77. The van der Waals surface area contributed by atoms with Gasteiger partial charge in [0.2, 0.25) is 5.88 Å². The minimum absolute atomic E-state index is 0.0291. The van der Waals surface area contributed by atoms with Crippen molar-refractivity contribution < 1.29 is 28.1 Å². The molecule has 0 amide bonds. The number of nitrogens with zero attached hydrogens (tertiary/aromatic N) is 1. The summed E-state index contributed by atoms with van der Waals surface area (Å²) in [4.78, 5) is 12.5. The van der Waals surface area contributed by atoms with Crippen LogP contribution in [-0.4, -0.2) is 18.7 Å². The van der Waals surface area contributed by atoms with Gasteiger partial charge in [-0.2, -0.15) is 5.26 Å². The maximum Gasteiger partial charge on any atom is 0.352 e. The third kappa shape index (κ3) is 5.04. The first-order valence-corrected chi connectivity index (χ1v) is 11.0. The van der Waals surface area contributed by atoms with Gasteiger partial charge in [-0.1, -0.05) is 30.3 Å². The number of carbonyl (C=O) groups excluding carboxylic acids is 1. The fourth-order valence-electron chi connectivity index (χ4n) is 3.74. The van der Waals surface area contributed by atoms with E-state index in [9.17, 15) is 14.4 Å². The molecule has 35 heavy (non-hydrogen) atoms. The number of para-hydroxylation sites is 1. The van der Waals surface area contributed by atoms with Crippen molar-refractivity contribution in [2.75, 3.05) is 6.61 Å². The topological polar surface area (TPSA) is 104 Å². The monoisotopic (exact) mass is 474 g/mol. The lowest BCUT2D eigenvalue weighted by Crippen LogP contribution is -2.29. The lowest BCUT2D eigenvalue weighted by molar-refractivity contribution is -0.141. The molecule has 0 bridgehead atoms. The number of rotatable bonds is 7. The van der Waals surface area contributed by atoms with Gasteiger partial charge in [-0.15, -0.1) is 0 Å². The average Bonchev–Trinajstić information content (AvgIpc) is 2.85. The number of nitrogens with two attached hydrogens (primary N) is 1. The third-order valence-electron chi connectivity index (χ3n) is 5.41. The van der Waals surface area contributed by atoms with Gasteiger partial charge in [0.25, 0.3) is 0 Å². The van der Waals surface area contributed by atoms with E-state index < -0.39 is 23.8 Å². The van der Waals surface area contributed by atoms with Crippen LogP contribution in [0.1, 0.15) is 30.9 Å². The molecule has 3 aromatic carbocycles. The predicted molar refractivity (Wildman–Crippen MR) is 125 cm³/mol. The van der Waals surface area contributed by atoms with Crippen molar-refractivity contribution >= 4 is 5.97 Å². The molecule has 2 unspecified atom stereocenters. The van der Waals surface area contributed by atoms with Crippen LogP contribution in [0.4, 0.5) is 4.39 Å². The number of benzene rings is 3. The molecule has 0 spiro atoms. The van der Waals surface area contributed by atoms with Gasteiger partial charge in [-0.05, 0) is 49.7 Å². The van der Waals surface area contributed by atoms with E-state index in [4.69, 9.17) is 24.7 Å². The third-order valence-corrected chi connectivity index (χ3v) is 5.41. The van der Waals surface area contributed by atoms with Crippen molar-refractivity contribution in [3.63, 3.8) is 0 Å². The summed E-state index contributed by atoms with van der Waals surface area (Å²) in [5.41, 5.74) is 7.85. The molecular weight excluding hydrogens is 451 g/mol. The van der Waals surface area contributed by atoms with E-state index in [1.807, 2.05) is 31.2 Å². The van der Waals surface area contributed by atoms with Crippen LogP contribution in [0.3, 0.4) is 0 Å². The van der Waals surface area contributed by atoms with Crippen molar-refractivity contribution in [2.24, 2.45) is 5.73 Å². The normalized spacial score (nSPS) is 15.3. The molecule has 0 fully saturated rings. The summed E-state index contributed by atoms with van der Waals surface area (Å²) in [6.45, 7) is 3.91. The van der Waals surface area contributed by atoms with E-state index in [2.05, 4.69) is 6.07 Å². The summed E-state index contributed by atoms with van der Waals surface area (Å²) in [5, 5.41) is 9.73. The van der Waals surface area contributed by atoms with Gasteiger partial charge in [0.15, 0.2) is 17.7 Å². The Bertz CT molecular complexity index is 1310. The lowest BCUT2D eigenvalue weighted by Gasteiger charge is -2.27. The summed E-state index contributed by atoms with van der Waals surface area (Å²) in [5.74, 6) is -0.576. The van der Waals surface area contributed by atoms with Gasteiger partial charge in [-0.25, -0.2) is 9.18 Å². The van der Waals surface area contributed by atoms with E-state index in [-0.39, 0.29) is 23.0 Å². The van der Waals surface area contributed by atoms with Gasteiger partial charge in [0.1, 0.15) is 28.9 Å². The number of halogens is 1. The minimum atomic E-state index is -1.06. The highest BCUT2D eigenvalue weighted by Crippen LogP contribution is 2.43. The van der Waals surface area contributed by atoms with Crippen LogP contribution in [0.5, 0.6) is 23.0 Å². The van der Waals surface area contributed by atoms with Crippen LogP contribution in [0, 0.1) is 17.1 Å². The van der Waals surface area contributed by atoms with Crippen molar-refractivity contribution in [3.8, 4) is 29.1 Å². The molecule has 0 saturated carbocycles. The Labute approximate surface area is 202 Å². The minimum Gasteiger partial charge on any atom is -0.494 e. The van der Waals surface area contributed by atoms with Crippen molar-refractivity contribution in [1.82, 2.24) is 0 Å². The Kier molecular flexibility index (Phi) is 6.88. The highest BCUT2D eigenvalue weighted by atomic mass is 19.1. The summed E-state index contributed by atoms with van der Waals surface area (Å²) < 4.78 is 35.8. The SMILES string of the molecule is CCOc1ccc(C2C(C#N)=C(N)Oc3cc(OC(=O)C(C)Oc4ccccc4F)ccc32)cc1. The molecule has 178 valence electrons. The van der Waals surface area contributed by atoms with E-state index >= 15 is 0 Å². The average molecular weight is 474 g/mol. The first kappa shape index (κ1) is 23.6. The van der Waals surface area contributed by atoms with Crippen LogP contribution in [0.25, 0.3) is 0 Å². The lowest BCUT2D eigenvalue weighted by atomic mass is 9.83. The van der Waals surface area contributed by atoms with Gasteiger partial charge >= 0.3 is 5.97 Å². The fourth-order valence-corrected chi connectivity index (χ4v) is 3.74. The molecule has 0 saturated heterocycles. The maximum absolute atomic E-state index is 13.8. The second-order valence-electron chi connectivity index (χ2n) is 7.74. The molecule has 8 heteroatoms. The summed E-state index contributed by atoms with van der Waals surface area (Å²) in [6, 6.07) is 20.1. The molecule has 7 nitrogen and oxygen atoms in total. The van der Waals surface area contributed by atoms with Crippen LogP contribution in [0.15, 0.2) is 78.2 Å². The number of ether oxygens (including phenoxy) is 4. The molecule has 0 aliphatic carbocycles. The van der Waals surface area contributed by atoms with Crippen molar-refractivity contribution in [3.05, 3.63) is 95.1 Å². The van der Waals surface area contributed by atoms with Crippen LogP contribution < -0.4 is 24.7 Å². The number of fused-ring (bicyclic) bond motifs is 1. The Morgan fingerprint density at radius 1 is 1.14 bits per heavy atom. The molecular formula is C27H23FN2O5. The molecule has 1 aliphatic heterocycles. The van der Waals surface area contributed by atoms with Gasteiger partial charge in [-0.3, -0.25) is 0 Å². The number of hydrogen-bond donors (Lipinski definition) is 1. The largest absolute Gasteiger partial charge is 0.494 e. The zero-order valence-corrected chi connectivity index (χ0v) is 19.2. The molecule has 2 atom stereocenters. The Morgan fingerprint density at radius 2 is 1.86 bits per heavy atom. The number of nitriles is 1. The van der Waals surface area contributed by atoms with E-state index in [1.54, 1.807) is 18.2 Å². The Balaban J connectivity index is 1.57. The molecule has 4 rings (SSSR count). The number of esters is 1. The van der Waals surface area contributed by atoms with Crippen molar-refractivity contribution in [2.45, 2.75) is 25.9 Å². The standard InChI is InChI=1S/C27H23FN2O5/c1-3-32-18-10-8-17(9-11-18)25-20-13-12-19(14-24(20)35-26(30)21(25)15-29)34-27(31)16(2)33-23-7-5-4-6-22(23)28/h4-14,16,25H,3,30H2,1-2H3. The van der Waals surface area contributed by atoms with E-state index in [0.29, 0.717) is 23.7 Å². The molecule has 0 radical (unpaired) electrons. The number of allylic oxidation sites excluding steroid dienone is 1. The molecule has 1 aliphatic rings. The summed E-state index contributed by atoms with van der Waals surface area (Å²) in [7, 11) is 0. The Morgan fingerprint density at radius 3 is 2.54 bits per heavy atom. The fraction of sp³-hybridized carbons (Fsp3) is 0.185. The zero-order chi connectivity index (χ0) is 24.9. The van der Waals surface area contributed by atoms with Crippen LogP contribution >= 0.6 is 0 Å². The second-order valence-corrected chi connectivity index (χ2v) is 7.74. The van der Waals surface area contributed by atoms with Gasteiger partial charge in [0, 0.05) is 11.6 Å². The first-order valence-electron chi connectivity index (χ1n) is 11.0. The van der Waals surface area contributed by atoms with E-state index in [0.717, 1.165) is 5.56 Å². The molecule has 2 N–H and O–H groups in total. The number of hydrogen-bond acceptors (Lipinski definition) is 7. The summed E-state index contributed by atoms with van der Waals surface area (Å²) in [6.07, 6.45) is -1.06. The van der Waals surface area contributed by atoms with Gasteiger partial charge in [0.05, 0.1) is 12.5 Å². The Hall–Kier alpha value is -4.51. The summed E-state index contributed by atoms with van der Waals surface area (Å²) >= 11 is 0. The maximum atomic E-state index is 13.8.